The summed E-state index contributed by atoms with van der Waals surface area (Å²) in [5.74, 6) is -1.54. The SMILES string of the molecule is CCCCCCCCc1cnc(-c2cc(F)c(C#N)c(F)c2)nc1. The Bertz CT molecular complexity index is 683. The fourth-order valence-corrected chi connectivity index (χ4v) is 2.55. The number of hydrogen-bond acceptors (Lipinski definition) is 3. The maximum atomic E-state index is 13.7. The normalized spacial score (nSPS) is 10.6. The van der Waals surface area contributed by atoms with Gasteiger partial charge in [-0.3, -0.25) is 0 Å². The Labute approximate surface area is 141 Å². The van der Waals surface area contributed by atoms with E-state index in [-0.39, 0.29) is 11.4 Å². The molecule has 0 amide bonds. The number of aromatic nitrogens is 2. The van der Waals surface area contributed by atoms with Crippen LogP contribution in [0.2, 0.25) is 0 Å². The molecular formula is C19H21F2N3. The van der Waals surface area contributed by atoms with E-state index in [0.29, 0.717) is 0 Å². The molecule has 0 N–H and O–H groups in total. The number of aryl methyl sites for hydroxylation is 1. The minimum absolute atomic E-state index is 0.232. The van der Waals surface area contributed by atoms with Crippen molar-refractivity contribution in [1.29, 1.82) is 5.26 Å². The van der Waals surface area contributed by atoms with E-state index in [1.54, 1.807) is 12.4 Å². The van der Waals surface area contributed by atoms with Crippen molar-refractivity contribution < 1.29 is 8.78 Å². The summed E-state index contributed by atoms with van der Waals surface area (Å²) in [6.45, 7) is 2.20. The second-order valence-electron chi connectivity index (χ2n) is 5.86. The summed E-state index contributed by atoms with van der Waals surface area (Å²) in [5, 5.41) is 8.69. The fourth-order valence-electron chi connectivity index (χ4n) is 2.55. The minimum atomic E-state index is -0.896. The number of halogens is 2. The lowest BCUT2D eigenvalue weighted by Crippen LogP contribution is -1.96. The van der Waals surface area contributed by atoms with Gasteiger partial charge in [-0.05, 0) is 30.5 Å². The molecule has 0 spiro atoms. The van der Waals surface area contributed by atoms with E-state index < -0.39 is 17.2 Å². The smallest absolute Gasteiger partial charge is 0.159 e. The monoisotopic (exact) mass is 329 g/mol. The zero-order valence-corrected chi connectivity index (χ0v) is 13.9. The van der Waals surface area contributed by atoms with Gasteiger partial charge in [0.15, 0.2) is 5.82 Å². The van der Waals surface area contributed by atoms with Gasteiger partial charge >= 0.3 is 0 Å². The number of hydrogen-bond donors (Lipinski definition) is 0. The third-order valence-electron chi connectivity index (χ3n) is 3.94. The zero-order chi connectivity index (χ0) is 17.4. The van der Waals surface area contributed by atoms with Crippen LogP contribution >= 0.6 is 0 Å². The second-order valence-corrected chi connectivity index (χ2v) is 5.86. The number of nitrogens with zero attached hydrogens (tertiary/aromatic N) is 3. The van der Waals surface area contributed by atoms with Crippen LogP contribution in [0.25, 0.3) is 11.4 Å². The van der Waals surface area contributed by atoms with Gasteiger partial charge in [-0.2, -0.15) is 5.26 Å². The van der Waals surface area contributed by atoms with Crippen molar-refractivity contribution in [3.05, 3.63) is 47.3 Å². The van der Waals surface area contributed by atoms with E-state index in [4.69, 9.17) is 5.26 Å². The third kappa shape index (κ3) is 4.82. The van der Waals surface area contributed by atoms with E-state index in [0.717, 1.165) is 30.5 Å². The first-order valence-corrected chi connectivity index (χ1v) is 8.36. The van der Waals surface area contributed by atoms with Gasteiger partial charge in [0, 0.05) is 18.0 Å². The number of benzene rings is 1. The Morgan fingerprint density at radius 1 is 0.958 bits per heavy atom. The van der Waals surface area contributed by atoms with E-state index in [9.17, 15) is 8.78 Å². The molecule has 126 valence electrons. The second kappa shape index (κ2) is 9.07. The van der Waals surface area contributed by atoms with Crippen LogP contribution in [0.3, 0.4) is 0 Å². The highest BCUT2D eigenvalue weighted by Crippen LogP contribution is 2.21. The fraction of sp³-hybridized carbons (Fsp3) is 0.421. The molecule has 0 unspecified atom stereocenters. The predicted octanol–water partition coefficient (Wildman–Crippen LogP) is 5.20. The first kappa shape index (κ1) is 18.0. The molecular weight excluding hydrogens is 308 g/mol. The average Bonchev–Trinajstić information content (AvgIpc) is 2.58. The molecule has 0 atom stereocenters. The number of nitriles is 1. The Morgan fingerprint density at radius 3 is 2.12 bits per heavy atom. The summed E-state index contributed by atoms with van der Waals surface area (Å²) in [6.07, 6.45) is 11.6. The summed E-state index contributed by atoms with van der Waals surface area (Å²) in [4.78, 5) is 8.38. The highest BCUT2D eigenvalue weighted by atomic mass is 19.1. The van der Waals surface area contributed by atoms with Crippen molar-refractivity contribution in [3.63, 3.8) is 0 Å². The van der Waals surface area contributed by atoms with Gasteiger partial charge in [-0.1, -0.05) is 39.0 Å². The summed E-state index contributed by atoms with van der Waals surface area (Å²) >= 11 is 0. The van der Waals surface area contributed by atoms with E-state index in [1.807, 2.05) is 0 Å². The standard InChI is InChI=1S/C19H21F2N3/c1-2-3-4-5-6-7-8-14-12-23-19(24-13-14)15-9-17(20)16(11-22)18(21)10-15/h9-10,12-13H,2-8H2,1H3. The van der Waals surface area contributed by atoms with Gasteiger partial charge in [0.25, 0.3) is 0 Å². The van der Waals surface area contributed by atoms with Crippen molar-refractivity contribution in [2.75, 3.05) is 0 Å². The van der Waals surface area contributed by atoms with Gasteiger partial charge in [-0.25, -0.2) is 18.7 Å². The molecule has 24 heavy (non-hydrogen) atoms. The minimum Gasteiger partial charge on any atom is -0.236 e. The van der Waals surface area contributed by atoms with Gasteiger partial charge < -0.3 is 0 Å². The summed E-state index contributed by atoms with van der Waals surface area (Å²) in [6, 6.07) is 3.68. The lowest BCUT2D eigenvalue weighted by molar-refractivity contribution is 0.577. The average molecular weight is 329 g/mol. The van der Waals surface area contributed by atoms with Crippen molar-refractivity contribution in [3.8, 4) is 17.5 Å². The number of rotatable bonds is 8. The van der Waals surface area contributed by atoms with Crippen LogP contribution in [0.1, 0.15) is 56.6 Å². The highest BCUT2D eigenvalue weighted by Gasteiger charge is 2.13. The Morgan fingerprint density at radius 2 is 1.54 bits per heavy atom. The largest absolute Gasteiger partial charge is 0.236 e. The van der Waals surface area contributed by atoms with Gasteiger partial charge in [0.05, 0.1) is 0 Å². The molecule has 0 saturated heterocycles. The quantitative estimate of drug-likeness (QED) is 0.626. The number of unbranched alkanes of at least 4 members (excludes halogenated alkanes) is 5. The molecule has 0 radical (unpaired) electrons. The predicted molar refractivity (Wildman–Crippen MR) is 89.2 cm³/mol. The molecule has 2 aromatic rings. The molecule has 2 rings (SSSR count). The molecule has 1 heterocycles. The van der Waals surface area contributed by atoms with Crippen molar-refractivity contribution >= 4 is 0 Å². The van der Waals surface area contributed by atoms with Gasteiger partial charge in [0.1, 0.15) is 23.3 Å². The van der Waals surface area contributed by atoms with Gasteiger partial charge in [-0.15, -0.1) is 0 Å². The van der Waals surface area contributed by atoms with Crippen LogP contribution in [0.15, 0.2) is 24.5 Å². The van der Waals surface area contributed by atoms with Crippen LogP contribution in [0.4, 0.5) is 8.78 Å². The first-order chi connectivity index (χ1) is 11.7. The molecule has 0 aliphatic rings. The third-order valence-corrected chi connectivity index (χ3v) is 3.94. The van der Waals surface area contributed by atoms with Crippen LogP contribution in [-0.4, -0.2) is 9.97 Å². The molecule has 0 aliphatic heterocycles. The molecule has 1 aromatic carbocycles. The summed E-state index contributed by atoms with van der Waals surface area (Å²) < 4.78 is 27.3. The Kier molecular flexibility index (Phi) is 6.80. The Balaban J connectivity index is 1.96. The van der Waals surface area contributed by atoms with Crippen LogP contribution < -0.4 is 0 Å². The maximum absolute atomic E-state index is 13.7. The van der Waals surface area contributed by atoms with Crippen LogP contribution in [-0.2, 0) is 6.42 Å². The molecule has 0 saturated carbocycles. The van der Waals surface area contributed by atoms with E-state index >= 15 is 0 Å². The van der Waals surface area contributed by atoms with Crippen molar-refractivity contribution in [1.82, 2.24) is 9.97 Å². The summed E-state index contributed by atoms with van der Waals surface area (Å²) in [5.41, 5.74) is 0.664. The molecule has 1 aromatic heterocycles. The Hall–Kier alpha value is -2.35. The van der Waals surface area contributed by atoms with Crippen molar-refractivity contribution in [2.24, 2.45) is 0 Å². The van der Waals surface area contributed by atoms with E-state index in [2.05, 4.69) is 16.9 Å². The zero-order valence-electron chi connectivity index (χ0n) is 13.9. The topological polar surface area (TPSA) is 49.6 Å². The van der Waals surface area contributed by atoms with Crippen LogP contribution in [0, 0.1) is 23.0 Å². The van der Waals surface area contributed by atoms with Crippen LogP contribution in [0.5, 0.6) is 0 Å². The first-order valence-electron chi connectivity index (χ1n) is 8.36. The van der Waals surface area contributed by atoms with Gasteiger partial charge in [0.2, 0.25) is 0 Å². The summed E-state index contributed by atoms with van der Waals surface area (Å²) in [7, 11) is 0. The lowest BCUT2D eigenvalue weighted by Gasteiger charge is -2.05. The molecule has 0 fully saturated rings. The highest BCUT2D eigenvalue weighted by molar-refractivity contribution is 5.57. The molecule has 5 heteroatoms. The van der Waals surface area contributed by atoms with Crippen molar-refractivity contribution in [2.45, 2.75) is 51.9 Å². The molecule has 0 bridgehead atoms. The van der Waals surface area contributed by atoms with E-state index in [1.165, 1.54) is 38.2 Å². The lowest BCUT2D eigenvalue weighted by atomic mass is 10.1. The molecule has 0 aliphatic carbocycles. The maximum Gasteiger partial charge on any atom is 0.159 e. The molecule has 3 nitrogen and oxygen atoms in total.